The fourth-order valence-corrected chi connectivity index (χ4v) is 3.58. The maximum absolute atomic E-state index is 12.7. The Hall–Kier alpha value is -3.25. The number of benzene rings is 2. The third kappa shape index (κ3) is 2.91. The first-order valence-electron chi connectivity index (χ1n) is 8.06. The van der Waals surface area contributed by atoms with Gasteiger partial charge < -0.3 is 10.3 Å². The van der Waals surface area contributed by atoms with Crippen molar-refractivity contribution in [2.24, 2.45) is 0 Å². The van der Waals surface area contributed by atoms with E-state index >= 15 is 0 Å². The molecule has 0 saturated heterocycles. The summed E-state index contributed by atoms with van der Waals surface area (Å²) in [5, 5.41) is 6.25. The van der Waals surface area contributed by atoms with Crippen LogP contribution in [0.4, 0.5) is 5.69 Å². The summed E-state index contributed by atoms with van der Waals surface area (Å²) in [6, 6.07) is 14.7. The second-order valence-corrected chi connectivity index (χ2v) is 6.76. The number of carbonyl (C=O) groups excluding carboxylic acids is 2. The lowest BCUT2D eigenvalue weighted by atomic mass is 10.1. The number of nitrogens with one attached hydrogen (secondary N) is 2. The molecule has 0 bridgehead atoms. The van der Waals surface area contributed by atoms with Crippen LogP contribution in [-0.4, -0.2) is 21.7 Å². The molecule has 128 valence electrons. The summed E-state index contributed by atoms with van der Waals surface area (Å²) in [4.78, 5) is 32.5. The third-order valence-corrected chi connectivity index (χ3v) is 4.97. The summed E-state index contributed by atoms with van der Waals surface area (Å²) in [5.74, 6) is -1.20. The van der Waals surface area contributed by atoms with E-state index < -0.39 is 11.7 Å². The molecule has 6 heteroatoms. The summed E-state index contributed by atoms with van der Waals surface area (Å²) in [5.41, 5.74) is 3.48. The quantitative estimate of drug-likeness (QED) is 0.417. The van der Waals surface area contributed by atoms with E-state index in [0.717, 1.165) is 21.5 Å². The number of ketones is 1. The number of H-pyrrole nitrogens is 1. The zero-order valence-electron chi connectivity index (χ0n) is 13.9. The molecule has 0 unspecified atom stereocenters. The number of rotatable bonds is 4. The number of para-hydroxylation sites is 1. The molecular formula is C20H15N3O2S. The number of aryl methyl sites for hydroxylation is 1. The van der Waals surface area contributed by atoms with Gasteiger partial charge in [0.1, 0.15) is 5.01 Å². The van der Waals surface area contributed by atoms with Gasteiger partial charge in [-0.15, -0.1) is 11.3 Å². The number of carbonyl (C=O) groups is 2. The van der Waals surface area contributed by atoms with Gasteiger partial charge in [0, 0.05) is 39.4 Å². The van der Waals surface area contributed by atoms with Gasteiger partial charge in [0.05, 0.1) is 5.56 Å². The van der Waals surface area contributed by atoms with E-state index in [9.17, 15) is 9.59 Å². The minimum atomic E-state index is -0.653. The van der Waals surface area contributed by atoms with Crippen molar-refractivity contribution in [3.63, 3.8) is 0 Å². The van der Waals surface area contributed by atoms with Crippen LogP contribution in [0, 0.1) is 6.92 Å². The van der Waals surface area contributed by atoms with Crippen molar-refractivity contribution >= 4 is 39.6 Å². The molecule has 2 aromatic heterocycles. The van der Waals surface area contributed by atoms with Crippen molar-refractivity contribution in [1.29, 1.82) is 0 Å². The van der Waals surface area contributed by atoms with E-state index in [2.05, 4.69) is 15.3 Å². The van der Waals surface area contributed by atoms with Gasteiger partial charge in [-0.1, -0.05) is 18.2 Å². The average Bonchev–Trinajstić information content (AvgIpc) is 3.29. The first-order chi connectivity index (χ1) is 12.6. The van der Waals surface area contributed by atoms with E-state index in [0.29, 0.717) is 16.9 Å². The molecule has 0 radical (unpaired) electrons. The van der Waals surface area contributed by atoms with Crippen LogP contribution in [0.3, 0.4) is 0 Å². The molecule has 4 aromatic rings. The second-order valence-electron chi connectivity index (χ2n) is 5.87. The largest absolute Gasteiger partial charge is 0.358 e. The Bertz CT molecular complexity index is 1100. The number of aromatic nitrogens is 2. The summed E-state index contributed by atoms with van der Waals surface area (Å²) in [7, 11) is 0. The van der Waals surface area contributed by atoms with E-state index in [4.69, 9.17) is 0 Å². The van der Waals surface area contributed by atoms with Crippen molar-refractivity contribution in [3.8, 4) is 10.6 Å². The van der Waals surface area contributed by atoms with Crippen LogP contribution in [0.5, 0.6) is 0 Å². The van der Waals surface area contributed by atoms with Crippen molar-refractivity contribution in [3.05, 3.63) is 71.4 Å². The topological polar surface area (TPSA) is 74.8 Å². The molecule has 0 aliphatic rings. The maximum atomic E-state index is 12.7. The van der Waals surface area contributed by atoms with Crippen LogP contribution >= 0.6 is 11.3 Å². The minimum Gasteiger partial charge on any atom is -0.358 e. The standard InChI is InChI=1S/C20H15N3O2S/c1-12-17(15-4-2-3-5-16(15)22-12)18(24)19(25)23-14-8-6-13(7-9-14)20-21-10-11-26-20/h2-11,22H,1H3,(H,23,25). The molecule has 1 amide bonds. The molecule has 0 saturated carbocycles. The molecule has 0 aliphatic carbocycles. The van der Waals surface area contributed by atoms with Gasteiger partial charge in [0.25, 0.3) is 11.7 Å². The lowest BCUT2D eigenvalue weighted by Gasteiger charge is -2.06. The number of thiazole rings is 1. The van der Waals surface area contributed by atoms with Gasteiger partial charge >= 0.3 is 0 Å². The Morgan fingerprint density at radius 2 is 1.85 bits per heavy atom. The monoisotopic (exact) mass is 361 g/mol. The fourth-order valence-electron chi connectivity index (χ4n) is 2.93. The van der Waals surface area contributed by atoms with E-state index in [-0.39, 0.29) is 0 Å². The number of hydrogen-bond donors (Lipinski definition) is 2. The lowest BCUT2D eigenvalue weighted by Crippen LogP contribution is -2.23. The Morgan fingerprint density at radius 3 is 2.58 bits per heavy atom. The Balaban J connectivity index is 1.56. The highest BCUT2D eigenvalue weighted by Crippen LogP contribution is 2.25. The molecule has 0 fully saturated rings. The molecule has 0 aliphatic heterocycles. The van der Waals surface area contributed by atoms with Gasteiger partial charge in [0.2, 0.25) is 0 Å². The first kappa shape index (κ1) is 16.2. The van der Waals surface area contributed by atoms with Crippen molar-refractivity contribution in [2.75, 3.05) is 5.32 Å². The van der Waals surface area contributed by atoms with Gasteiger partial charge in [0.15, 0.2) is 0 Å². The van der Waals surface area contributed by atoms with Crippen LogP contribution in [0.15, 0.2) is 60.1 Å². The Morgan fingerprint density at radius 1 is 1.08 bits per heavy atom. The highest BCUT2D eigenvalue weighted by atomic mass is 32.1. The van der Waals surface area contributed by atoms with E-state index in [1.54, 1.807) is 36.6 Å². The Labute approximate surface area is 153 Å². The van der Waals surface area contributed by atoms with Crippen molar-refractivity contribution in [1.82, 2.24) is 9.97 Å². The van der Waals surface area contributed by atoms with Gasteiger partial charge in [-0.3, -0.25) is 9.59 Å². The summed E-state index contributed by atoms with van der Waals surface area (Å²) >= 11 is 1.55. The zero-order chi connectivity index (χ0) is 18.1. The number of anilines is 1. The SMILES string of the molecule is Cc1[nH]c2ccccc2c1C(=O)C(=O)Nc1ccc(-c2nccs2)cc1. The molecule has 4 rings (SSSR count). The predicted octanol–water partition coefficient (Wildman–Crippen LogP) is 4.42. The minimum absolute atomic E-state index is 0.414. The summed E-state index contributed by atoms with van der Waals surface area (Å²) < 4.78 is 0. The highest BCUT2D eigenvalue weighted by Gasteiger charge is 2.22. The number of Topliss-reactive ketones (excluding diaryl/α,β-unsaturated/α-hetero) is 1. The van der Waals surface area contributed by atoms with Crippen LogP contribution in [0.25, 0.3) is 21.5 Å². The maximum Gasteiger partial charge on any atom is 0.296 e. The summed E-state index contributed by atoms with van der Waals surface area (Å²) in [6.45, 7) is 1.79. The van der Waals surface area contributed by atoms with Gasteiger partial charge in [-0.05, 0) is 37.3 Å². The van der Waals surface area contributed by atoms with E-state index in [1.165, 1.54) is 0 Å². The van der Waals surface area contributed by atoms with Crippen molar-refractivity contribution in [2.45, 2.75) is 6.92 Å². The van der Waals surface area contributed by atoms with Crippen LogP contribution in [0.2, 0.25) is 0 Å². The van der Waals surface area contributed by atoms with Crippen LogP contribution in [-0.2, 0) is 4.79 Å². The van der Waals surface area contributed by atoms with Crippen LogP contribution < -0.4 is 5.32 Å². The zero-order valence-corrected chi connectivity index (χ0v) is 14.8. The fraction of sp³-hybridized carbons (Fsp3) is 0.0500. The summed E-state index contributed by atoms with van der Waals surface area (Å²) in [6.07, 6.45) is 1.75. The Kier molecular flexibility index (Phi) is 4.10. The normalized spacial score (nSPS) is 10.8. The molecule has 2 N–H and O–H groups in total. The molecule has 5 nitrogen and oxygen atoms in total. The number of hydrogen-bond acceptors (Lipinski definition) is 4. The van der Waals surface area contributed by atoms with Gasteiger partial charge in [-0.2, -0.15) is 0 Å². The average molecular weight is 361 g/mol. The predicted molar refractivity (Wildman–Crippen MR) is 104 cm³/mol. The van der Waals surface area contributed by atoms with Crippen molar-refractivity contribution < 1.29 is 9.59 Å². The number of amides is 1. The second kappa shape index (κ2) is 6.57. The molecule has 2 aromatic carbocycles. The lowest BCUT2D eigenvalue weighted by molar-refractivity contribution is -0.112. The molecule has 0 spiro atoms. The first-order valence-corrected chi connectivity index (χ1v) is 8.94. The number of nitrogens with zero attached hydrogens (tertiary/aromatic N) is 1. The molecule has 26 heavy (non-hydrogen) atoms. The van der Waals surface area contributed by atoms with Crippen LogP contribution in [0.1, 0.15) is 16.1 Å². The molecular weight excluding hydrogens is 346 g/mol. The highest BCUT2D eigenvalue weighted by molar-refractivity contribution is 7.13. The number of aromatic amines is 1. The smallest absolute Gasteiger partial charge is 0.296 e. The molecule has 0 atom stereocenters. The van der Waals surface area contributed by atoms with Gasteiger partial charge in [-0.25, -0.2) is 4.98 Å². The third-order valence-electron chi connectivity index (χ3n) is 4.15. The molecule has 2 heterocycles. The van der Waals surface area contributed by atoms with E-state index in [1.807, 2.05) is 41.8 Å². The number of fused-ring (bicyclic) bond motifs is 1.